The van der Waals surface area contributed by atoms with E-state index >= 15 is 0 Å². The summed E-state index contributed by atoms with van der Waals surface area (Å²) >= 11 is 6.19. The zero-order valence-electron chi connectivity index (χ0n) is 14.9. The predicted octanol–water partition coefficient (Wildman–Crippen LogP) is 4.23. The summed E-state index contributed by atoms with van der Waals surface area (Å²) in [6, 6.07) is 10.8. The summed E-state index contributed by atoms with van der Waals surface area (Å²) in [4.78, 5) is 8.67. The largest absolute Gasteiger partial charge is 0.384 e. The smallest absolute Gasteiger partial charge is 0.258 e. The predicted molar refractivity (Wildman–Crippen MR) is 101 cm³/mol. The maximum atomic E-state index is 10.8. The SMILES string of the molecule is CC(C)c1noc(-c2ccnc(NCC(C)(O)c3ccccc3Cl)c2)n1. The molecule has 2 N–H and O–H groups in total. The lowest BCUT2D eigenvalue weighted by Gasteiger charge is -2.25. The highest BCUT2D eigenvalue weighted by Gasteiger charge is 2.25. The van der Waals surface area contributed by atoms with Crippen molar-refractivity contribution in [3.05, 3.63) is 59.0 Å². The molecule has 6 nitrogen and oxygen atoms in total. The molecule has 136 valence electrons. The van der Waals surface area contributed by atoms with Gasteiger partial charge in [0.1, 0.15) is 11.4 Å². The minimum atomic E-state index is -1.15. The Kier molecular flexibility index (Phi) is 5.25. The van der Waals surface area contributed by atoms with Crippen LogP contribution in [0.5, 0.6) is 0 Å². The maximum absolute atomic E-state index is 10.8. The molecule has 0 aliphatic heterocycles. The summed E-state index contributed by atoms with van der Waals surface area (Å²) < 4.78 is 5.31. The third-order valence-corrected chi connectivity index (χ3v) is 4.36. The zero-order chi connectivity index (χ0) is 18.7. The molecule has 0 saturated carbocycles. The van der Waals surface area contributed by atoms with E-state index in [-0.39, 0.29) is 12.5 Å². The van der Waals surface area contributed by atoms with Crippen molar-refractivity contribution in [2.24, 2.45) is 0 Å². The van der Waals surface area contributed by atoms with E-state index in [2.05, 4.69) is 20.4 Å². The molecule has 0 aliphatic carbocycles. The molecule has 2 heterocycles. The molecule has 3 rings (SSSR count). The van der Waals surface area contributed by atoms with Crippen molar-refractivity contribution in [1.82, 2.24) is 15.1 Å². The number of aromatic nitrogens is 3. The summed E-state index contributed by atoms with van der Waals surface area (Å²) in [6.07, 6.45) is 1.65. The molecule has 26 heavy (non-hydrogen) atoms. The summed E-state index contributed by atoms with van der Waals surface area (Å²) in [5.41, 5.74) is 0.272. The van der Waals surface area contributed by atoms with Crippen molar-refractivity contribution in [1.29, 1.82) is 0 Å². The van der Waals surface area contributed by atoms with Crippen molar-refractivity contribution in [3.63, 3.8) is 0 Å². The quantitative estimate of drug-likeness (QED) is 0.673. The number of pyridine rings is 1. The van der Waals surface area contributed by atoms with Gasteiger partial charge in [0.15, 0.2) is 5.82 Å². The van der Waals surface area contributed by atoms with Crippen molar-refractivity contribution in [3.8, 4) is 11.5 Å². The molecule has 3 aromatic rings. The van der Waals surface area contributed by atoms with Gasteiger partial charge in [-0.3, -0.25) is 0 Å². The van der Waals surface area contributed by atoms with Crippen LogP contribution >= 0.6 is 11.6 Å². The van der Waals surface area contributed by atoms with Gasteiger partial charge in [-0.2, -0.15) is 4.98 Å². The summed E-state index contributed by atoms with van der Waals surface area (Å²) in [7, 11) is 0. The maximum Gasteiger partial charge on any atom is 0.258 e. The number of anilines is 1. The van der Waals surface area contributed by atoms with Crippen LogP contribution in [-0.2, 0) is 5.60 Å². The van der Waals surface area contributed by atoms with Gasteiger partial charge in [-0.05, 0) is 25.1 Å². The Bertz CT molecular complexity index is 893. The van der Waals surface area contributed by atoms with Crippen LogP contribution in [0.15, 0.2) is 47.1 Å². The van der Waals surface area contributed by atoms with Crippen LogP contribution in [0.25, 0.3) is 11.5 Å². The van der Waals surface area contributed by atoms with Crippen molar-refractivity contribution in [2.45, 2.75) is 32.3 Å². The molecule has 0 bridgehead atoms. The van der Waals surface area contributed by atoms with Gasteiger partial charge in [-0.25, -0.2) is 4.98 Å². The van der Waals surface area contributed by atoms with E-state index in [1.807, 2.05) is 26.0 Å². The van der Waals surface area contributed by atoms with E-state index in [1.165, 1.54) is 0 Å². The van der Waals surface area contributed by atoms with Gasteiger partial charge in [0.25, 0.3) is 5.89 Å². The average Bonchev–Trinajstić information content (AvgIpc) is 3.11. The summed E-state index contributed by atoms with van der Waals surface area (Å²) in [5, 5.41) is 18.4. The Morgan fingerprint density at radius 1 is 1.27 bits per heavy atom. The average molecular weight is 373 g/mol. The second-order valence-electron chi connectivity index (χ2n) is 6.65. The van der Waals surface area contributed by atoms with Crippen LogP contribution < -0.4 is 5.32 Å². The highest BCUT2D eigenvalue weighted by atomic mass is 35.5. The molecule has 2 aromatic heterocycles. The van der Waals surface area contributed by atoms with Crippen molar-refractivity contribution in [2.75, 3.05) is 11.9 Å². The molecule has 1 atom stereocenters. The number of nitrogens with zero attached hydrogens (tertiary/aromatic N) is 3. The normalized spacial score (nSPS) is 13.6. The first-order valence-electron chi connectivity index (χ1n) is 8.38. The minimum Gasteiger partial charge on any atom is -0.384 e. The number of nitrogens with one attached hydrogen (secondary N) is 1. The fraction of sp³-hybridized carbons (Fsp3) is 0.316. The number of hydrogen-bond acceptors (Lipinski definition) is 6. The molecular weight excluding hydrogens is 352 g/mol. The lowest BCUT2D eigenvalue weighted by Crippen LogP contribution is -2.31. The van der Waals surface area contributed by atoms with E-state index in [1.54, 1.807) is 37.4 Å². The molecule has 0 amide bonds. The first kappa shape index (κ1) is 18.4. The second kappa shape index (κ2) is 7.43. The van der Waals surface area contributed by atoms with Crippen molar-refractivity contribution >= 4 is 17.4 Å². The Morgan fingerprint density at radius 3 is 2.73 bits per heavy atom. The van der Waals surface area contributed by atoms with Gasteiger partial charge in [-0.1, -0.05) is 48.8 Å². The van der Waals surface area contributed by atoms with Gasteiger partial charge >= 0.3 is 0 Å². The second-order valence-corrected chi connectivity index (χ2v) is 7.06. The third kappa shape index (κ3) is 4.03. The highest BCUT2D eigenvalue weighted by molar-refractivity contribution is 6.31. The molecule has 0 aliphatic rings. The minimum absolute atomic E-state index is 0.192. The molecule has 0 saturated heterocycles. The van der Waals surface area contributed by atoms with Crippen LogP contribution in [0.4, 0.5) is 5.82 Å². The molecule has 1 unspecified atom stereocenters. The first-order chi connectivity index (χ1) is 12.4. The summed E-state index contributed by atoms with van der Waals surface area (Å²) in [6.45, 7) is 5.96. The van der Waals surface area contributed by atoms with Crippen LogP contribution in [-0.4, -0.2) is 26.8 Å². The molecular formula is C19H21ClN4O2. The Labute approximate surface area is 157 Å². The number of rotatable bonds is 6. The van der Waals surface area contributed by atoms with Crippen molar-refractivity contribution < 1.29 is 9.63 Å². The number of aliphatic hydroxyl groups is 1. The van der Waals surface area contributed by atoms with Crippen LogP contribution in [0.2, 0.25) is 5.02 Å². The van der Waals surface area contributed by atoms with Crippen LogP contribution in [0.1, 0.15) is 38.1 Å². The molecule has 0 radical (unpaired) electrons. The topological polar surface area (TPSA) is 84.1 Å². The lowest BCUT2D eigenvalue weighted by atomic mass is 9.96. The fourth-order valence-electron chi connectivity index (χ4n) is 2.50. The fourth-order valence-corrected chi connectivity index (χ4v) is 2.84. The number of benzene rings is 1. The first-order valence-corrected chi connectivity index (χ1v) is 8.76. The zero-order valence-corrected chi connectivity index (χ0v) is 15.7. The highest BCUT2D eigenvalue weighted by Crippen LogP contribution is 2.28. The standard InChI is InChI=1S/C19H21ClN4O2/c1-12(2)17-23-18(26-24-17)13-8-9-21-16(10-13)22-11-19(3,25)14-6-4-5-7-15(14)20/h4-10,12,25H,11H2,1-3H3,(H,21,22). The summed E-state index contributed by atoms with van der Waals surface area (Å²) in [5.74, 6) is 1.89. The van der Waals surface area contributed by atoms with E-state index in [0.717, 1.165) is 5.56 Å². The van der Waals surface area contributed by atoms with Crippen LogP contribution in [0, 0.1) is 0 Å². The molecule has 0 fully saturated rings. The van der Waals surface area contributed by atoms with Gasteiger partial charge in [0.2, 0.25) is 0 Å². The van der Waals surface area contributed by atoms with E-state index in [4.69, 9.17) is 16.1 Å². The van der Waals surface area contributed by atoms with Crippen LogP contribution in [0.3, 0.4) is 0 Å². The number of halogens is 1. The molecule has 1 aromatic carbocycles. The van der Waals surface area contributed by atoms with Gasteiger partial charge in [0.05, 0.1) is 0 Å². The molecule has 0 spiro atoms. The monoisotopic (exact) mass is 372 g/mol. The lowest BCUT2D eigenvalue weighted by molar-refractivity contribution is 0.0715. The molecule has 7 heteroatoms. The number of hydrogen-bond donors (Lipinski definition) is 2. The van der Waals surface area contributed by atoms with E-state index in [9.17, 15) is 5.11 Å². The third-order valence-electron chi connectivity index (χ3n) is 4.03. The Balaban J connectivity index is 1.75. The Hall–Kier alpha value is -2.44. The van der Waals surface area contributed by atoms with E-state index < -0.39 is 5.60 Å². The van der Waals surface area contributed by atoms with Gasteiger partial charge in [-0.15, -0.1) is 0 Å². The van der Waals surface area contributed by atoms with Gasteiger partial charge < -0.3 is 14.9 Å². The van der Waals surface area contributed by atoms with Gasteiger partial charge in [0, 0.05) is 34.8 Å². The van der Waals surface area contributed by atoms with E-state index in [0.29, 0.717) is 28.1 Å². The Morgan fingerprint density at radius 2 is 2.04 bits per heavy atom.